The lowest BCUT2D eigenvalue weighted by atomic mass is 9.71. The van der Waals surface area contributed by atoms with E-state index < -0.39 is 71.8 Å². The SMILES string of the molecule is C[C@H](Nc1cc(F)ccc1F)C(=O)N1C2CCC(C1C(=O)NC(C#N)CC1CCCNC1=O)C(F)(F)C2. The standard InChI is InChI=1S/C25H29F4N5O3/c1-13(32-20-10-15(26)4-7-19(20)27)24(37)34-17-5-6-18(25(28,29)11-17)21(34)23(36)33-16(12-30)9-14-3-2-8-31-22(14)35/h4,7,10,13-14,16-18,21,32H,2-3,5-6,8-9,11H2,1H3,(H,31,35)(H,33,36)/t13-,14?,16?,17?,18?,21?/m0/s1. The van der Waals surface area contributed by atoms with Crippen LogP contribution in [0.5, 0.6) is 0 Å². The Hall–Kier alpha value is -3.36. The largest absolute Gasteiger partial charge is 0.371 e. The summed E-state index contributed by atoms with van der Waals surface area (Å²) in [5.41, 5.74) is -0.273. The number of alkyl halides is 2. The lowest BCUT2D eigenvalue weighted by Gasteiger charge is -2.54. The predicted octanol–water partition coefficient (Wildman–Crippen LogP) is 2.70. The van der Waals surface area contributed by atoms with Gasteiger partial charge in [0.2, 0.25) is 17.7 Å². The van der Waals surface area contributed by atoms with E-state index in [2.05, 4.69) is 16.0 Å². The van der Waals surface area contributed by atoms with Crippen LogP contribution in [0.1, 0.15) is 45.4 Å². The molecule has 3 aliphatic heterocycles. The molecule has 0 spiro atoms. The number of nitriles is 1. The maximum atomic E-state index is 14.9. The first-order valence-corrected chi connectivity index (χ1v) is 12.4. The van der Waals surface area contributed by atoms with E-state index in [1.807, 2.05) is 6.07 Å². The number of hydrogen-bond donors (Lipinski definition) is 3. The topological polar surface area (TPSA) is 114 Å². The van der Waals surface area contributed by atoms with Gasteiger partial charge in [0.05, 0.1) is 17.7 Å². The predicted molar refractivity (Wildman–Crippen MR) is 124 cm³/mol. The smallest absolute Gasteiger partial charge is 0.255 e. The molecule has 3 N–H and O–H groups in total. The van der Waals surface area contributed by atoms with Gasteiger partial charge in [-0.1, -0.05) is 0 Å². The summed E-state index contributed by atoms with van der Waals surface area (Å²) in [4.78, 5) is 40.0. The Balaban J connectivity index is 1.54. The van der Waals surface area contributed by atoms with E-state index in [1.54, 1.807) is 0 Å². The number of fused-ring (bicyclic) bond motifs is 3. The van der Waals surface area contributed by atoms with Crippen LogP contribution in [0.25, 0.3) is 0 Å². The van der Waals surface area contributed by atoms with E-state index in [4.69, 9.17) is 0 Å². The van der Waals surface area contributed by atoms with Crippen LogP contribution in [-0.4, -0.2) is 59.3 Å². The molecular weight excluding hydrogens is 494 g/mol. The van der Waals surface area contributed by atoms with Gasteiger partial charge in [-0.05, 0) is 57.2 Å². The fourth-order valence-electron chi connectivity index (χ4n) is 5.70. The molecule has 1 saturated carbocycles. The second-order valence-corrected chi connectivity index (χ2v) is 10.0. The normalized spacial score (nSPS) is 28.0. The highest BCUT2D eigenvalue weighted by Crippen LogP contribution is 2.49. The zero-order valence-electron chi connectivity index (χ0n) is 20.3. The molecule has 200 valence electrons. The third-order valence-electron chi connectivity index (χ3n) is 7.52. The zero-order chi connectivity index (χ0) is 26.9. The molecule has 3 heterocycles. The highest BCUT2D eigenvalue weighted by Gasteiger charge is 2.60. The second-order valence-electron chi connectivity index (χ2n) is 10.0. The van der Waals surface area contributed by atoms with Crippen molar-refractivity contribution in [1.29, 1.82) is 5.26 Å². The summed E-state index contributed by atoms with van der Waals surface area (Å²) in [5.74, 6) is -8.52. The third kappa shape index (κ3) is 5.50. The van der Waals surface area contributed by atoms with Gasteiger partial charge >= 0.3 is 0 Å². The van der Waals surface area contributed by atoms with Crippen molar-refractivity contribution in [3.8, 4) is 6.07 Å². The van der Waals surface area contributed by atoms with Gasteiger partial charge in [0.25, 0.3) is 5.92 Å². The molecule has 12 heteroatoms. The summed E-state index contributed by atoms with van der Waals surface area (Å²) in [5, 5.41) is 17.4. The Morgan fingerprint density at radius 2 is 2.03 bits per heavy atom. The number of piperidine rings is 3. The molecule has 4 fully saturated rings. The van der Waals surface area contributed by atoms with Crippen molar-refractivity contribution in [3.63, 3.8) is 0 Å². The molecule has 5 unspecified atom stereocenters. The number of anilines is 1. The monoisotopic (exact) mass is 523 g/mol. The number of rotatable bonds is 7. The molecule has 0 radical (unpaired) electrons. The molecule has 6 atom stereocenters. The van der Waals surface area contributed by atoms with Gasteiger partial charge in [0.15, 0.2) is 0 Å². The van der Waals surface area contributed by atoms with Crippen molar-refractivity contribution in [2.75, 3.05) is 11.9 Å². The van der Waals surface area contributed by atoms with E-state index in [0.717, 1.165) is 29.5 Å². The third-order valence-corrected chi connectivity index (χ3v) is 7.52. The average Bonchev–Trinajstić information content (AvgIpc) is 2.85. The highest BCUT2D eigenvalue weighted by atomic mass is 19.3. The van der Waals surface area contributed by atoms with E-state index >= 15 is 0 Å². The summed E-state index contributed by atoms with van der Waals surface area (Å²) in [6, 6.07) is -0.139. The van der Waals surface area contributed by atoms with Crippen LogP contribution >= 0.6 is 0 Å². The summed E-state index contributed by atoms with van der Waals surface area (Å²) < 4.78 is 57.5. The molecule has 37 heavy (non-hydrogen) atoms. The molecule has 3 saturated heterocycles. The molecule has 1 aromatic rings. The van der Waals surface area contributed by atoms with E-state index in [0.29, 0.717) is 13.0 Å². The van der Waals surface area contributed by atoms with Gasteiger partial charge in [0.1, 0.15) is 29.8 Å². The number of benzene rings is 1. The minimum Gasteiger partial charge on any atom is -0.371 e. The number of amides is 3. The quantitative estimate of drug-likeness (QED) is 0.476. The van der Waals surface area contributed by atoms with Crippen molar-refractivity contribution in [1.82, 2.24) is 15.5 Å². The number of hydrogen-bond acceptors (Lipinski definition) is 5. The van der Waals surface area contributed by atoms with Crippen LogP contribution in [0.3, 0.4) is 0 Å². The Kier molecular flexibility index (Phi) is 7.62. The molecule has 0 aromatic heterocycles. The van der Waals surface area contributed by atoms with Gasteiger partial charge in [-0.25, -0.2) is 17.6 Å². The highest BCUT2D eigenvalue weighted by molar-refractivity contribution is 5.92. The number of carbonyl (C=O) groups excluding carboxylic acids is 3. The van der Waals surface area contributed by atoms with Crippen LogP contribution in [-0.2, 0) is 14.4 Å². The van der Waals surface area contributed by atoms with Crippen molar-refractivity contribution >= 4 is 23.4 Å². The second kappa shape index (κ2) is 10.6. The molecule has 1 aliphatic carbocycles. The summed E-state index contributed by atoms with van der Waals surface area (Å²) in [6.07, 6.45) is 0.952. The minimum atomic E-state index is -3.20. The lowest BCUT2D eigenvalue weighted by Crippen LogP contribution is -2.70. The zero-order valence-corrected chi connectivity index (χ0v) is 20.3. The Morgan fingerprint density at radius 3 is 2.70 bits per heavy atom. The number of nitrogens with zero attached hydrogens (tertiary/aromatic N) is 2. The van der Waals surface area contributed by atoms with E-state index in [-0.39, 0.29) is 30.9 Å². The minimum absolute atomic E-state index is 0.0160. The first-order chi connectivity index (χ1) is 17.5. The van der Waals surface area contributed by atoms with Crippen molar-refractivity contribution < 1.29 is 31.9 Å². The van der Waals surface area contributed by atoms with Crippen LogP contribution < -0.4 is 16.0 Å². The maximum Gasteiger partial charge on any atom is 0.255 e. The maximum absolute atomic E-state index is 14.9. The number of carbonyl (C=O) groups is 3. The van der Waals surface area contributed by atoms with Gasteiger partial charge < -0.3 is 20.9 Å². The fraction of sp³-hybridized carbons (Fsp3) is 0.600. The molecule has 4 aliphatic rings. The Labute approximate surface area is 211 Å². The molecule has 5 rings (SSSR count). The van der Waals surface area contributed by atoms with Gasteiger partial charge in [-0.2, -0.15) is 5.26 Å². The van der Waals surface area contributed by atoms with Crippen molar-refractivity contribution in [3.05, 3.63) is 29.8 Å². The molecule has 2 bridgehead atoms. The van der Waals surface area contributed by atoms with Crippen molar-refractivity contribution in [2.45, 2.75) is 75.5 Å². The van der Waals surface area contributed by atoms with Crippen LogP contribution in [0, 0.1) is 34.8 Å². The van der Waals surface area contributed by atoms with Gasteiger partial charge in [0, 0.05) is 24.9 Å². The number of nitrogens with one attached hydrogen (secondary N) is 3. The molecule has 8 nitrogen and oxygen atoms in total. The van der Waals surface area contributed by atoms with E-state index in [9.17, 15) is 37.2 Å². The number of halogens is 4. The molecular formula is C25H29F4N5O3. The average molecular weight is 524 g/mol. The summed E-state index contributed by atoms with van der Waals surface area (Å²) in [6.45, 7) is 1.91. The Bertz CT molecular complexity index is 1110. The van der Waals surface area contributed by atoms with Crippen LogP contribution in [0.15, 0.2) is 18.2 Å². The Morgan fingerprint density at radius 1 is 1.27 bits per heavy atom. The van der Waals surface area contributed by atoms with Gasteiger partial charge in [-0.15, -0.1) is 0 Å². The molecule has 1 aromatic carbocycles. The fourth-order valence-corrected chi connectivity index (χ4v) is 5.70. The summed E-state index contributed by atoms with van der Waals surface area (Å²) in [7, 11) is 0. The van der Waals surface area contributed by atoms with Crippen LogP contribution in [0.4, 0.5) is 23.2 Å². The first kappa shape index (κ1) is 26.7. The lowest BCUT2D eigenvalue weighted by molar-refractivity contribution is -0.194. The summed E-state index contributed by atoms with van der Waals surface area (Å²) >= 11 is 0. The van der Waals surface area contributed by atoms with Crippen molar-refractivity contribution in [2.24, 2.45) is 11.8 Å². The first-order valence-electron chi connectivity index (χ1n) is 12.4. The van der Waals surface area contributed by atoms with Gasteiger partial charge in [-0.3, -0.25) is 14.4 Å². The van der Waals surface area contributed by atoms with E-state index in [1.165, 1.54) is 6.92 Å². The molecule has 3 amide bonds. The van der Waals surface area contributed by atoms with Crippen LogP contribution in [0.2, 0.25) is 0 Å².